The summed E-state index contributed by atoms with van der Waals surface area (Å²) in [7, 11) is 0. The van der Waals surface area contributed by atoms with Crippen molar-refractivity contribution in [3.8, 4) is 11.1 Å². The van der Waals surface area contributed by atoms with Gasteiger partial charge in [-0.1, -0.05) is 29.8 Å². The Labute approximate surface area is 139 Å². The molecule has 116 valence electrons. The van der Waals surface area contributed by atoms with Crippen molar-refractivity contribution in [3.05, 3.63) is 78.6 Å². The van der Waals surface area contributed by atoms with Gasteiger partial charge >= 0.3 is 0 Å². The van der Waals surface area contributed by atoms with Crippen LogP contribution in [0, 0.1) is 20.8 Å². The van der Waals surface area contributed by atoms with Crippen LogP contribution >= 0.6 is 11.6 Å². The second-order valence-electron chi connectivity index (χ2n) is 5.79. The van der Waals surface area contributed by atoms with E-state index in [2.05, 4.69) is 5.32 Å². The molecule has 0 unspecified atom stereocenters. The molecular formula is C19H16ClNO2. The van der Waals surface area contributed by atoms with Crippen molar-refractivity contribution in [1.29, 1.82) is 0 Å². The molecule has 0 fully saturated rings. The van der Waals surface area contributed by atoms with Crippen molar-refractivity contribution in [2.75, 3.05) is 5.32 Å². The maximum absolute atomic E-state index is 12.1. The number of anilines is 2. The molecule has 3 aromatic carbocycles. The minimum atomic E-state index is -0.488. The summed E-state index contributed by atoms with van der Waals surface area (Å²) in [6.45, 7) is 5.97. The number of rotatable bonds is 3. The fourth-order valence-electron chi connectivity index (χ4n) is 2.71. The molecule has 0 spiro atoms. The molecule has 0 saturated heterocycles. The van der Waals surface area contributed by atoms with Gasteiger partial charge in [0.1, 0.15) is 5.69 Å². The minimum absolute atomic E-state index is 0.337. The third-order valence-electron chi connectivity index (χ3n) is 4.11. The molecule has 4 heteroatoms. The molecule has 0 heterocycles. The Bertz CT molecular complexity index is 982. The van der Waals surface area contributed by atoms with Crippen LogP contribution in [0.1, 0.15) is 16.7 Å². The highest BCUT2D eigenvalue weighted by Crippen LogP contribution is 2.31. The van der Waals surface area contributed by atoms with Gasteiger partial charge in [-0.25, -0.2) is 0 Å². The van der Waals surface area contributed by atoms with Crippen molar-refractivity contribution in [2.45, 2.75) is 20.8 Å². The molecule has 0 radical (unpaired) electrons. The molecule has 0 aliphatic rings. The topological polar surface area (TPSA) is 46.2 Å². The van der Waals surface area contributed by atoms with E-state index in [4.69, 9.17) is 11.6 Å². The first kappa shape index (κ1) is 15.5. The fourth-order valence-corrected chi connectivity index (χ4v) is 2.90. The highest BCUT2D eigenvalue weighted by Gasteiger charge is 2.24. The Morgan fingerprint density at radius 3 is 2.26 bits per heavy atom. The standard InChI is InChI=1S/C19H16ClNO2/c1-10-7-12(3)15(8-11(10)2)16-17(19(23)18(16)22)21-14-6-4-5-13(20)9-14/h4-9,21H,1-3H3. The van der Waals surface area contributed by atoms with E-state index in [9.17, 15) is 9.59 Å². The molecule has 0 bridgehead atoms. The van der Waals surface area contributed by atoms with Gasteiger partial charge in [0.15, 0.2) is 0 Å². The molecule has 3 nitrogen and oxygen atoms in total. The van der Waals surface area contributed by atoms with Gasteiger partial charge in [-0.15, -0.1) is 0 Å². The largest absolute Gasteiger partial charge is 0.352 e. The first-order valence-corrected chi connectivity index (χ1v) is 7.70. The first-order chi connectivity index (χ1) is 10.9. The lowest BCUT2D eigenvalue weighted by Gasteiger charge is -2.16. The lowest BCUT2D eigenvalue weighted by atomic mass is 9.91. The summed E-state index contributed by atoms with van der Waals surface area (Å²) in [5.41, 5.74) is 4.59. The highest BCUT2D eigenvalue weighted by atomic mass is 35.5. The Morgan fingerprint density at radius 2 is 1.57 bits per heavy atom. The van der Waals surface area contributed by atoms with Gasteiger partial charge in [0, 0.05) is 10.7 Å². The Kier molecular flexibility index (Phi) is 3.82. The third-order valence-corrected chi connectivity index (χ3v) is 4.35. The first-order valence-electron chi connectivity index (χ1n) is 7.32. The molecule has 0 saturated carbocycles. The Hall–Kier alpha value is -2.39. The molecular weight excluding hydrogens is 310 g/mol. The van der Waals surface area contributed by atoms with Crippen LogP contribution in [0.5, 0.6) is 0 Å². The third kappa shape index (κ3) is 2.68. The quantitative estimate of drug-likeness (QED) is 0.731. The maximum atomic E-state index is 12.1. The van der Waals surface area contributed by atoms with E-state index in [0.29, 0.717) is 22.0 Å². The summed E-state index contributed by atoms with van der Waals surface area (Å²) in [4.78, 5) is 24.1. The lowest BCUT2D eigenvalue weighted by Crippen LogP contribution is -2.35. The Balaban J connectivity index is 2.09. The van der Waals surface area contributed by atoms with E-state index < -0.39 is 10.9 Å². The van der Waals surface area contributed by atoms with Crippen molar-refractivity contribution in [3.63, 3.8) is 0 Å². The summed E-state index contributed by atoms with van der Waals surface area (Å²) >= 11 is 5.96. The van der Waals surface area contributed by atoms with Gasteiger partial charge in [0.25, 0.3) is 5.43 Å². The van der Waals surface area contributed by atoms with Crippen LogP contribution in [-0.4, -0.2) is 0 Å². The van der Waals surface area contributed by atoms with E-state index in [1.165, 1.54) is 0 Å². The average molecular weight is 326 g/mol. The minimum Gasteiger partial charge on any atom is -0.352 e. The second-order valence-corrected chi connectivity index (χ2v) is 6.23. The van der Waals surface area contributed by atoms with E-state index in [0.717, 1.165) is 22.3 Å². The second kappa shape index (κ2) is 5.67. The molecule has 0 aromatic heterocycles. The molecule has 1 N–H and O–H groups in total. The molecule has 0 aliphatic carbocycles. The van der Waals surface area contributed by atoms with Crippen molar-refractivity contribution >= 4 is 23.0 Å². The van der Waals surface area contributed by atoms with Gasteiger partial charge in [-0.3, -0.25) is 9.59 Å². The molecule has 0 atom stereocenters. The monoisotopic (exact) mass is 325 g/mol. The van der Waals surface area contributed by atoms with Gasteiger partial charge in [0.2, 0.25) is 5.43 Å². The summed E-state index contributed by atoms with van der Waals surface area (Å²) < 4.78 is 0. The summed E-state index contributed by atoms with van der Waals surface area (Å²) in [5.74, 6) is 0. The normalized spacial score (nSPS) is 11.0. The number of nitrogens with one attached hydrogen (secondary N) is 1. The fraction of sp³-hybridized carbons (Fsp3) is 0.158. The SMILES string of the molecule is Cc1cc(C)c(-c2c(Nc3cccc(Cl)c3)c(=O)c2=O)cc1C. The van der Waals surface area contributed by atoms with Crippen LogP contribution in [0.3, 0.4) is 0 Å². The molecule has 3 aromatic rings. The summed E-state index contributed by atoms with van der Waals surface area (Å²) in [6.07, 6.45) is 0. The van der Waals surface area contributed by atoms with Crippen molar-refractivity contribution < 1.29 is 0 Å². The van der Waals surface area contributed by atoms with Crippen LogP contribution in [0.15, 0.2) is 46.0 Å². The zero-order valence-electron chi connectivity index (χ0n) is 13.2. The zero-order valence-corrected chi connectivity index (χ0v) is 13.9. The molecule has 0 amide bonds. The lowest BCUT2D eigenvalue weighted by molar-refractivity contribution is 1.28. The number of benzene rings is 2. The van der Waals surface area contributed by atoms with Gasteiger partial charge < -0.3 is 5.32 Å². The van der Waals surface area contributed by atoms with E-state index in [1.54, 1.807) is 24.3 Å². The van der Waals surface area contributed by atoms with Crippen LogP contribution in [0.25, 0.3) is 11.1 Å². The number of hydrogen-bond acceptors (Lipinski definition) is 3. The van der Waals surface area contributed by atoms with Gasteiger partial charge in [0.05, 0.1) is 5.56 Å². The van der Waals surface area contributed by atoms with Crippen LogP contribution in [0.4, 0.5) is 11.4 Å². The molecule has 0 aliphatic heterocycles. The number of aryl methyl sites for hydroxylation is 3. The zero-order chi connectivity index (χ0) is 16.7. The van der Waals surface area contributed by atoms with Crippen molar-refractivity contribution in [2.24, 2.45) is 0 Å². The number of halogens is 1. The summed E-state index contributed by atoms with van der Waals surface area (Å²) in [6, 6.07) is 11.1. The van der Waals surface area contributed by atoms with Crippen molar-refractivity contribution in [1.82, 2.24) is 0 Å². The van der Waals surface area contributed by atoms with Crippen LogP contribution in [0.2, 0.25) is 5.02 Å². The predicted molar refractivity (Wildman–Crippen MR) is 95.7 cm³/mol. The predicted octanol–water partition coefficient (Wildman–Crippen LogP) is 4.27. The smallest absolute Gasteiger partial charge is 0.250 e. The van der Waals surface area contributed by atoms with E-state index in [1.807, 2.05) is 32.9 Å². The van der Waals surface area contributed by atoms with Crippen LogP contribution < -0.4 is 16.2 Å². The van der Waals surface area contributed by atoms with Gasteiger partial charge in [-0.05, 0) is 61.2 Å². The van der Waals surface area contributed by atoms with E-state index >= 15 is 0 Å². The Morgan fingerprint density at radius 1 is 0.870 bits per heavy atom. The maximum Gasteiger partial charge on any atom is 0.250 e. The highest BCUT2D eigenvalue weighted by molar-refractivity contribution is 6.30. The molecule has 3 rings (SSSR count). The van der Waals surface area contributed by atoms with Gasteiger partial charge in [-0.2, -0.15) is 0 Å². The number of hydrogen-bond donors (Lipinski definition) is 1. The average Bonchev–Trinajstić information content (AvgIpc) is 2.51. The van der Waals surface area contributed by atoms with E-state index in [-0.39, 0.29) is 0 Å². The summed E-state index contributed by atoms with van der Waals surface area (Å²) in [5, 5.41) is 3.60. The van der Waals surface area contributed by atoms with Crippen LogP contribution in [-0.2, 0) is 0 Å². The molecule has 23 heavy (non-hydrogen) atoms.